The Bertz CT molecular complexity index is 1080. The Kier molecular flexibility index (Phi) is 4.37. The lowest BCUT2D eigenvalue weighted by atomic mass is 10.2. The van der Waals surface area contributed by atoms with Crippen LogP contribution in [0.2, 0.25) is 0 Å². The third kappa shape index (κ3) is 3.12. The summed E-state index contributed by atoms with van der Waals surface area (Å²) in [7, 11) is 0. The number of benzene rings is 2. The first-order valence-corrected chi connectivity index (χ1v) is 8.56. The molecule has 0 radical (unpaired) electrons. The first-order valence-electron chi connectivity index (χ1n) is 8.56. The number of aromatic nitrogens is 2. The van der Waals surface area contributed by atoms with Gasteiger partial charge in [0.05, 0.1) is 16.6 Å². The fourth-order valence-corrected chi connectivity index (χ4v) is 3.11. The Morgan fingerprint density at radius 1 is 1.07 bits per heavy atom. The zero-order valence-electron chi connectivity index (χ0n) is 14.8. The molecule has 0 spiro atoms. The third-order valence-electron chi connectivity index (χ3n) is 4.43. The lowest BCUT2D eigenvalue weighted by Gasteiger charge is -2.27. The van der Waals surface area contributed by atoms with Crippen LogP contribution < -0.4 is 4.90 Å². The molecule has 0 saturated heterocycles. The van der Waals surface area contributed by atoms with Gasteiger partial charge < -0.3 is 0 Å². The van der Waals surface area contributed by atoms with E-state index in [0.29, 0.717) is 34.9 Å². The van der Waals surface area contributed by atoms with E-state index in [0.717, 1.165) is 12.1 Å². The molecule has 0 atom stereocenters. The van der Waals surface area contributed by atoms with Crippen LogP contribution in [0.15, 0.2) is 52.4 Å². The molecule has 0 unspecified atom stereocenters. The van der Waals surface area contributed by atoms with Gasteiger partial charge >= 0.3 is 6.18 Å². The number of alkyl halides is 3. The summed E-state index contributed by atoms with van der Waals surface area (Å²) in [5.41, 5.74) is 0.918. The van der Waals surface area contributed by atoms with Crippen molar-refractivity contribution in [1.29, 1.82) is 0 Å². The van der Waals surface area contributed by atoms with Crippen molar-refractivity contribution in [1.82, 2.24) is 9.55 Å². The number of aliphatic imine (C=N–C) groups is 2. The van der Waals surface area contributed by atoms with Crippen LogP contribution in [0.25, 0.3) is 11.0 Å². The molecule has 3 aromatic rings. The van der Waals surface area contributed by atoms with Crippen molar-refractivity contribution in [3.63, 3.8) is 0 Å². The van der Waals surface area contributed by atoms with E-state index in [1.54, 1.807) is 15.5 Å². The van der Waals surface area contributed by atoms with E-state index in [1.165, 1.54) is 30.6 Å². The summed E-state index contributed by atoms with van der Waals surface area (Å²) in [6.07, 6.45) is -2.45. The number of anilines is 1. The summed E-state index contributed by atoms with van der Waals surface area (Å²) < 4.78 is 54.0. The Balaban J connectivity index is 1.81. The molecule has 0 amide bonds. The van der Waals surface area contributed by atoms with Crippen molar-refractivity contribution in [2.45, 2.75) is 19.5 Å². The van der Waals surface area contributed by atoms with E-state index in [9.17, 15) is 17.6 Å². The molecule has 28 heavy (non-hydrogen) atoms. The predicted octanol–water partition coefficient (Wildman–Crippen LogP) is 4.47. The highest BCUT2D eigenvalue weighted by Gasteiger charge is 2.30. The van der Waals surface area contributed by atoms with E-state index >= 15 is 0 Å². The van der Waals surface area contributed by atoms with Crippen molar-refractivity contribution in [2.24, 2.45) is 9.98 Å². The Morgan fingerprint density at radius 2 is 1.82 bits per heavy atom. The zero-order chi connectivity index (χ0) is 19.9. The van der Waals surface area contributed by atoms with Gasteiger partial charge in [0, 0.05) is 18.2 Å². The Hall–Kier alpha value is -3.23. The first-order chi connectivity index (χ1) is 13.4. The van der Waals surface area contributed by atoms with Gasteiger partial charge in [-0.15, -0.1) is 0 Å². The first kappa shape index (κ1) is 18.1. The minimum absolute atomic E-state index is 0.189. The molecule has 1 aromatic heterocycles. The van der Waals surface area contributed by atoms with Crippen molar-refractivity contribution in [2.75, 3.05) is 11.6 Å². The average molecular weight is 389 g/mol. The summed E-state index contributed by atoms with van der Waals surface area (Å²) in [5.74, 6) is 0.707. The van der Waals surface area contributed by atoms with E-state index in [-0.39, 0.29) is 6.67 Å². The third-order valence-corrected chi connectivity index (χ3v) is 4.43. The van der Waals surface area contributed by atoms with Crippen molar-refractivity contribution in [3.8, 4) is 0 Å². The standard InChI is InChI=1S/C19H15F4N5/c1-2-17-26-15-9-13(20)5-8-16(15)28(17)18-25-10-24-11-27(18)14-6-3-12(4-7-14)19(21,22)23/h3-10H,2,11H2,1H3. The number of rotatable bonds is 2. The highest BCUT2D eigenvalue weighted by atomic mass is 19.4. The van der Waals surface area contributed by atoms with Gasteiger partial charge in [-0.2, -0.15) is 13.2 Å². The van der Waals surface area contributed by atoms with E-state index in [4.69, 9.17) is 0 Å². The van der Waals surface area contributed by atoms with Gasteiger partial charge in [-0.05, 0) is 36.4 Å². The highest BCUT2D eigenvalue weighted by molar-refractivity contribution is 6.06. The Labute approximate surface area is 157 Å². The second kappa shape index (κ2) is 6.74. The van der Waals surface area contributed by atoms with E-state index < -0.39 is 17.6 Å². The molecule has 0 fully saturated rings. The SMILES string of the molecule is CCc1nc2cc(F)ccc2n1C1=NC=NCN1c1ccc(C(F)(F)F)cc1. The Morgan fingerprint density at radius 3 is 2.50 bits per heavy atom. The normalized spacial score (nSPS) is 14.6. The largest absolute Gasteiger partial charge is 0.416 e. The van der Waals surface area contributed by atoms with Gasteiger partial charge in [0.25, 0.3) is 0 Å². The molecule has 0 bridgehead atoms. The number of hydrogen-bond donors (Lipinski definition) is 0. The maximum Gasteiger partial charge on any atom is 0.416 e. The second-order valence-corrected chi connectivity index (χ2v) is 6.19. The smallest absolute Gasteiger partial charge is 0.291 e. The van der Waals surface area contributed by atoms with E-state index in [2.05, 4.69) is 15.0 Å². The monoisotopic (exact) mass is 389 g/mol. The lowest BCUT2D eigenvalue weighted by molar-refractivity contribution is -0.137. The number of nitrogens with zero attached hydrogens (tertiary/aromatic N) is 5. The van der Waals surface area contributed by atoms with Crippen molar-refractivity contribution in [3.05, 3.63) is 59.7 Å². The van der Waals surface area contributed by atoms with Gasteiger partial charge in [0.1, 0.15) is 24.6 Å². The summed E-state index contributed by atoms with van der Waals surface area (Å²) in [6, 6.07) is 9.08. The molecule has 144 valence electrons. The van der Waals surface area contributed by atoms with Crippen LogP contribution in [-0.4, -0.2) is 28.5 Å². The quantitative estimate of drug-likeness (QED) is 0.608. The number of imidazole rings is 1. The summed E-state index contributed by atoms with van der Waals surface area (Å²) in [4.78, 5) is 14.6. The number of hydrogen-bond acceptors (Lipinski definition) is 4. The van der Waals surface area contributed by atoms with Crippen LogP contribution in [0.3, 0.4) is 0 Å². The predicted molar refractivity (Wildman–Crippen MR) is 99.2 cm³/mol. The molecule has 4 rings (SSSR count). The lowest BCUT2D eigenvalue weighted by Crippen LogP contribution is -2.39. The van der Waals surface area contributed by atoms with Gasteiger partial charge in [-0.3, -0.25) is 14.5 Å². The second-order valence-electron chi connectivity index (χ2n) is 6.19. The minimum atomic E-state index is -4.41. The van der Waals surface area contributed by atoms with Crippen LogP contribution in [0.5, 0.6) is 0 Å². The van der Waals surface area contributed by atoms with Gasteiger partial charge in [-0.25, -0.2) is 14.4 Å². The molecule has 0 aliphatic carbocycles. The molecular formula is C19H15F4N5. The average Bonchev–Trinajstić information content (AvgIpc) is 3.05. The molecule has 0 saturated carbocycles. The topological polar surface area (TPSA) is 45.8 Å². The van der Waals surface area contributed by atoms with Crippen molar-refractivity contribution < 1.29 is 17.6 Å². The molecule has 1 aliphatic heterocycles. The summed E-state index contributed by atoms with van der Waals surface area (Å²) >= 11 is 0. The molecule has 5 nitrogen and oxygen atoms in total. The zero-order valence-corrected chi connectivity index (χ0v) is 14.8. The molecule has 2 aromatic carbocycles. The van der Waals surface area contributed by atoms with Crippen LogP contribution in [0, 0.1) is 5.82 Å². The van der Waals surface area contributed by atoms with Crippen molar-refractivity contribution >= 4 is 29.0 Å². The van der Waals surface area contributed by atoms with E-state index in [1.807, 2.05) is 6.92 Å². The van der Waals surface area contributed by atoms with Crippen LogP contribution in [0.4, 0.5) is 23.2 Å². The molecule has 2 heterocycles. The molecule has 0 N–H and O–H groups in total. The molecular weight excluding hydrogens is 374 g/mol. The van der Waals surface area contributed by atoms with Gasteiger partial charge in [0.2, 0.25) is 5.96 Å². The number of fused-ring (bicyclic) bond motifs is 1. The maximum atomic E-state index is 13.6. The fourth-order valence-electron chi connectivity index (χ4n) is 3.11. The molecule has 9 heteroatoms. The summed E-state index contributed by atoms with van der Waals surface area (Å²) in [5, 5.41) is 0. The van der Waals surface area contributed by atoms with Crippen LogP contribution in [-0.2, 0) is 12.6 Å². The minimum Gasteiger partial charge on any atom is -0.291 e. The van der Waals surface area contributed by atoms with Gasteiger partial charge in [0.15, 0.2) is 0 Å². The fraction of sp³-hybridized carbons (Fsp3) is 0.211. The molecule has 1 aliphatic rings. The maximum absolute atomic E-state index is 13.6. The number of aryl methyl sites for hydroxylation is 1. The van der Waals surface area contributed by atoms with Crippen LogP contribution >= 0.6 is 0 Å². The summed E-state index contributed by atoms with van der Waals surface area (Å²) in [6.45, 7) is 2.10. The van der Waals surface area contributed by atoms with Crippen LogP contribution in [0.1, 0.15) is 18.3 Å². The van der Waals surface area contributed by atoms with Gasteiger partial charge in [-0.1, -0.05) is 6.92 Å². The number of halogens is 4. The highest BCUT2D eigenvalue weighted by Crippen LogP contribution is 2.31.